The second kappa shape index (κ2) is 6.36. The van der Waals surface area contributed by atoms with Crippen LogP contribution < -0.4 is 16.4 Å². The largest absolute Gasteiger partial charge is 0.384 e. The van der Waals surface area contributed by atoms with Crippen molar-refractivity contribution in [3.05, 3.63) is 23.5 Å². The number of rotatable bonds is 6. The number of nitrogens with one attached hydrogen (secondary N) is 2. The maximum atomic E-state index is 12.3. The molecule has 0 aliphatic heterocycles. The van der Waals surface area contributed by atoms with Crippen LogP contribution in [0.3, 0.4) is 0 Å². The summed E-state index contributed by atoms with van der Waals surface area (Å²) in [7, 11) is 0. The molecule has 6 heteroatoms. The SMILES string of the molecule is CCCNc1cc(C)ncc1C(=O)NC(C)(C)C(N)=O. The van der Waals surface area contributed by atoms with E-state index in [0.29, 0.717) is 11.3 Å². The molecule has 0 unspecified atom stereocenters. The fourth-order valence-electron chi connectivity index (χ4n) is 1.56. The molecule has 4 N–H and O–H groups in total. The second-order valence-electron chi connectivity index (χ2n) is 5.24. The highest BCUT2D eigenvalue weighted by Gasteiger charge is 2.28. The second-order valence-corrected chi connectivity index (χ2v) is 5.24. The van der Waals surface area contributed by atoms with E-state index < -0.39 is 11.4 Å². The summed E-state index contributed by atoms with van der Waals surface area (Å²) in [5.41, 5.74) is 6.07. The molecule has 0 atom stereocenters. The van der Waals surface area contributed by atoms with Gasteiger partial charge < -0.3 is 16.4 Å². The predicted molar refractivity (Wildman–Crippen MR) is 78.5 cm³/mol. The van der Waals surface area contributed by atoms with Crippen molar-refractivity contribution in [2.75, 3.05) is 11.9 Å². The van der Waals surface area contributed by atoms with Gasteiger partial charge in [0.15, 0.2) is 0 Å². The summed E-state index contributed by atoms with van der Waals surface area (Å²) in [6.45, 7) is 7.77. The first-order valence-corrected chi connectivity index (χ1v) is 6.61. The van der Waals surface area contributed by atoms with Gasteiger partial charge in [0.2, 0.25) is 5.91 Å². The standard InChI is InChI=1S/C14H22N4O2/c1-5-6-16-11-7-9(2)17-8-10(11)12(19)18-14(3,4)13(15)20/h7-8H,5-6H2,1-4H3,(H2,15,20)(H,16,17)(H,18,19). The van der Waals surface area contributed by atoms with Crippen LogP contribution in [0.4, 0.5) is 5.69 Å². The Kier molecular flexibility index (Phi) is 5.07. The molecule has 0 radical (unpaired) electrons. The number of nitrogens with zero attached hydrogens (tertiary/aromatic N) is 1. The summed E-state index contributed by atoms with van der Waals surface area (Å²) in [6.07, 6.45) is 2.44. The maximum Gasteiger partial charge on any atom is 0.255 e. The van der Waals surface area contributed by atoms with Crippen LogP contribution in [0.25, 0.3) is 0 Å². The quantitative estimate of drug-likeness (QED) is 0.728. The molecule has 0 aliphatic rings. The van der Waals surface area contributed by atoms with Crippen LogP contribution in [-0.4, -0.2) is 28.9 Å². The molecule has 0 aromatic carbocycles. The normalized spacial score (nSPS) is 11.0. The van der Waals surface area contributed by atoms with Gasteiger partial charge in [-0.05, 0) is 33.3 Å². The van der Waals surface area contributed by atoms with E-state index in [4.69, 9.17) is 5.73 Å². The summed E-state index contributed by atoms with van der Waals surface area (Å²) < 4.78 is 0. The molecule has 2 amide bonds. The molecule has 0 fully saturated rings. The number of carbonyl (C=O) groups is 2. The molecule has 0 spiro atoms. The zero-order valence-corrected chi connectivity index (χ0v) is 12.4. The zero-order valence-electron chi connectivity index (χ0n) is 12.4. The van der Waals surface area contributed by atoms with Crippen LogP contribution >= 0.6 is 0 Å². The molecule has 110 valence electrons. The number of anilines is 1. The lowest BCUT2D eigenvalue weighted by atomic mass is 10.0. The lowest BCUT2D eigenvalue weighted by Gasteiger charge is -2.23. The summed E-state index contributed by atoms with van der Waals surface area (Å²) >= 11 is 0. The first kappa shape index (κ1) is 15.9. The minimum Gasteiger partial charge on any atom is -0.384 e. The van der Waals surface area contributed by atoms with Crippen LogP contribution in [0.5, 0.6) is 0 Å². The lowest BCUT2D eigenvalue weighted by Crippen LogP contribution is -2.53. The lowest BCUT2D eigenvalue weighted by molar-refractivity contribution is -0.122. The fourth-order valence-corrected chi connectivity index (χ4v) is 1.56. The van der Waals surface area contributed by atoms with E-state index in [0.717, 1.165) is 18.7 Å². The van der Waals surface area contributed by atoms with Gasteiger partial charge in [-0.15, -0.1) is 0 Å². The maximum absolute atomic E-state index is 12.3. The number of nitrogens with two attached hydrogens (primary N) is 1. The van der Waals surface area contributed by atoms with Crippen molar-refractivity contribution in [2.45, 2.75) is 39.7 Å². The highest BCUT2D eigenvalue weighted by atomic mass is 16.2. The topological polar surface area (TPSA) is 97.1 Å². The Morgan fingerprint density at radius 3 is 2.60 bits per heavy atom. The zero-order chi connectivity index (χ0) is 15.3. The van der Waals surface area contributed by atoms with E-state index in [1.54, 1.807) is 13.8 Å². The number of hydrogen-bond acceptors (Lipinski definition) is 4. The molecule has 1 rings (SSSR count). The van der Waals surface area contributed by atoms with Crippen molar-refractivity contribution in [3.8, 4) is 0 Å². The van der Waals surface area contributed by atoms with E-state index in [-0.39, 0.29) is 5.91 Å². The minimum atomic E-state index is -1.11. The highest BCUT2D eigenvalue weighted by molar-refractivity contribution is 6.02. The van der Waals surface area contributed by atoms with Gasteiger partial charge in [0.25, 0.3) is 5.91 Å². The van der Waals surface area contributed by atoms with Crippen molar-refractivity contribution in [3.63, 3.8) is 0 Å². The summed E-state index contributed by atoms with van der Waals surface area (Å²) in [5, 5.41) is 5.80. The minimum absolute atomic E-state index is 0.375. The van der Waals surface area contributed by atoms with Gasteiger partial charge in [-0.3, -0.25) is 14.6 Å². The van der Waals surface area contributed by atoms with Crippen LogP contribution in [0.1, 0.15) is 43.2 Å². The molecule has 1 aromatic heterocycles. The Morgan fingerprint density at radius 1 is 1.40 bits per heavy atom. The number of amides is 2. The average Bonchev–Trinajstić information content (AvgIpc) is 2.35. The van der Waals surface area contributed by atoms with E-state index in [1.165, 1.54) is 6.20 Å². The molecule has 0 aliphatic carbocycles. The van der Waals surface area contributed by atoms with Gasteiger partial charge >= 0.3 is 0 Å². The molecule has 0 bridgehead atoms. The van der Waals surface area contributed by atoms with Crippen LogP contribution in [-0.2, 0) is 4.79 Å². The van der Waals surface area contributed by atoms with Crippen molar-refractivity contribution >= 4 is 17.5 Å². The number of aromatic nitrogens is 1. The number of carbonyl (C=O) groups excluding carboxylic acids is 2. The molecule has 1 aromatic rings. The molecular formula is C14H22N4O2. The van der Waals surface area contributed by atoms with Gasteiger partial charge in [-0.2, -0.15) is 0 Å². The van der Waals surface area contributed by atoms with Gasteiger partial charge in [-0.25, -0.2) is 0 Å². The van der Waals surface area contributed by atoms with Crippen LogP contribution in [0, 0.1) is 6.92 Å². The Labute approximate surface area is 119 Å². The highest BCUT2D eigenvalue weighted by Crippen LogP contribution is 2.17. The molecule has 0 saturated carbocycles. The van der Waals surface area contributed by atoms with Gasteiger partial charge in [0.1, 0.15) is 5.54 Å². The number of pyridine rings is 1. The Balaban J connectivity index is 3.00. The molecule has 20 heavy (non-hydrogen) atoms. The van der Waals surface area contributed by atoms with E-state index >= 15 is 0 Å². The van der Waals surface area contributed by atoms with Gasteiger partial charge in [0.05, 0.1) is 11.3 Å². The third kappa shape index (κ3) is 3.94. The Hall–Kier alpha value is -2.11. The van der Waals surface area contributed by atoms with Crippen LogP contribution in [0.15, 0.2) is 12.3 Å². The summed E-state index contributed by atoms with van der Waals surface area (Å²) in [4.78, 5) is 27.7. The monoisotopic (exact) mass is 278 g/mol. The van der Waals surface area contributed by atoms with E-state index in [9.17, 15) is 9.59 Å². The average molecular weight is 278 g/mol. The van der Waals surface area contributed by atoms with E-state index in [1.807, 2.05) is 19.9 Å². The molecule has 0 saturated heterocycles. The number of hydrogen-bond donors (Lipinski definition) is 3. The third-order valence-corrected chi connectivity index (χ3v) is 2.89. The first-order valence-electron chi connectivity index (χ1n) is 6.61. The Bertz CT molecular complexity index is 512. The number of primary amides is 1. The third-order valence-electron chi connectivity index (χ3n) is 2.89. The Morgan fingerprint density at radius 2 is 2.05 bits per heavy atom. The van der Waals surface area contributed by atoms with E-state index in [2.05, 4.69) is 15.6 Å². The predicted octanol–water partition coefficient (Wildman–Crippen LogP) is 1.21. The van der Waals surface area contributed by atoms with Crippen LogP contribution in [0.2, 0.25) is 0 Å². The summed E-state index contributed by atoms with van der Waals surface area (Å²) in [5.74, 6) is -0.964. The van der Waals surface area contributed by atoms with Gasteiger partial charge in [0, 0.05) is 18.4 Å². The van der Waals surface area contributed by atoms with Crippen molar-refractivity contribution in [1.29, 1.82) is 0 Å². The summed E-state index contributed by atoms with van der Waals surface area (Å²) in [6, 6.07) is 1.81. The fraction of sp³-hybridized carbons (Fsp3) is 0.500. The van der Waals surface area contributed by atoms with Gasteiger partial charge in [-0.1, -0.05) is 6.92 Å². The smallest absolute Gasteiger partial charge is 0.255 e. The van der Waals surface area contributed by atoms with Crippen molar-refractivity contribution in [1.82, 2.24) is 10.3 Å². The van der Waals surface area contributed by atoms with Crippen molar-refractivity contribution in [2.24, 2.45) is 5.73 Å². The van der Waals surface area contributed by atoms with Crippen molar-refractivity contribution < 1.29 is 9.59 Å². The molecule has 6 nitrogen and oxygen atoms in total. The molecular weight excluding hydrogens is 256 g/mol. The molecule has 1 heterocycles. The first-order chi connectivity index (χ1) is 9.27. The number of aryl methyl sites for hydroxylation is 1.